The first-order valence-electron chi connectivity index (χ1n) is 5.91. The van der Waals surface area contributed by atoms with Gasteiger partial charge in [0.15, 0.2) is 0 Å². The van der Waals surface area contributed by atoms with Crippen molar-refractivity contribution < 1.29 is 4.48 Å². The Bertz CT molecular complexity index is 235. The van der Waals surface area contributed by atoms with Crippen molar-refractivity contribution >= 4 is 5.96 Å². The Morgan fingerprint density at radius 1 is 1.36 bits per heavy atom. The molecule has 2 heterocycles. The van der Waals surface area contributed by atoms with Crippen LogP contribution in [0.5, 0.6) is 0 Å². The van der Waals surface area contributed by atoms with Crippen LogP contribution in [-0.2, 0) is 0 Å². The fraction of sp³-hybridized carbons (Fsp3) is 0.909. The van der Waals surface area contributed by atoms with Crippen LogP contribution in [0.25, 0.3) is 0 Å². The molecule has 0 radical (unpaired) electrons. The molecule has 0 amide bonds. The molecule has 1 fully saturated rings. The maximum atomic E-state index is 4.74. The number of rotatable bonds is 2. The van der Waals surface area contributed by atoms with Crippen molar-refractivity contribution in [1.29, 1.82) is 0 Å². The summed E-state index contributed by atoms with van der Waals surface area (Å²) in [6, 6.07) is 0. The largest absolute Gasteiger partial charge is 0.311 e. The molecular weight excluding hydrogens is 174 g/mol. The Labute approximate surface area is 87.0 Å². The van der Waals surface area contributed by atoms with Crippen LogP contribution in [0.4, 0.5) is 0 Å². The van der Waals surface area contributed by atoms with Gasteiger partial charge in [-0.2, -0.15) is 0 Å². The highest BCUT2D eigenvalue weighted by Crippen LogP contribution is 2.21. The van der Waals surface area contributed by atoms with E-state index in [1.165, 1.54) is 51.4 Å². The number of quaternary nitrogens is 1. The van der Waals surface area contributed by atoms with Crippen molar-refractivity contribution in [2.45, 2.75) is 26.2 Å². The molecule has 2 aliphatic heterocycles. The topological polar surface area (TPSA) is 15.6 Å². The van der Waals surface area contributed by atoms with Crippen molar-refractivity contribution in [3.8, 4) is 0 Å². The zero-order chi connectivity index (χ0) is 10.0. The molecule has 1 unspecified atom stereocenters. The third-order valence-corrected chi connectivity index (χ3v) is 3.40. The lowest BCUT2D eigenvalue weighted by Crippen LogP contribution is -2.63. The molecule has 0 N–H and O–H groups in total. The van der Waals surface area contributed by atoms with E-state index in [-0.39, 0.29) is 0 Å². The van der Waals surface area contributed by atoms with Crippen molar-refractivity contribution in [2.24, 2.45) is 4.99 Å². The molecule has 0 aromatic carbocycles. The smallest absolute Gasteiger partial charge is 0.300 e. The van der Waals surface area contributed by atoms with Crippen LogP contribution in [0.1, 0.15) is 26.2 Å². The van der Waals surface area contributed by atoms with Gasteiger partial charge in [0.2, 0.25) is 0 Å². The molecule has 1 saturated heterocycles. The summed E-state index contributed by atoms with van der Waals surface area (Å²) < 4.78 is 1.10. The summed E-state index contributed by atoms with van der Waals surface area (Å²) in [5, 5.41) is 0. The lowest BCUT2D eigenvalue weighted by Gasteiger charge is -2.45. The summed E-state index contributed by atoms with van der Waals surface area (Å²) in [5.41, 5.74) is 0. The van der Waals surface area contributed by atoms with Gasteiger partial charge < -0.3 is 4.90 Å². The predicted molar refractivity (Wildman–Crippen MR) is 59.3 cm³/mol. The highest BCUT2D eigenvalue weighted by Gasteiger charge is 2.38. The molecule has 0 aromatic rings. The Morgan fingerprint density at radius 2 is 2.14 bits per heavy atom. The number of aliphatic imine (C=N–C) groups is 1. The minimum Gasteiger partial charge on any atom is -0.311 e. The van der Waals surface area contributed by atoms with Gasteiger partial charge >= 0.3 is 0 Å². The van der Waals surface area contributed by atoms with E-state index in [0.29, 0.717) is 0 Å². The molecule has 0 aromatic heterocycles. The molecular formula is C11H22N3+. The average Bonchev–Trinajstić information content (AvgIpc) is 2.18. The minimum atomic E-state index is 1.05. The van der Waals surface area contributed by atoms with E-state index in [2.05, 4.69) is 18.9 Å². The minimum absolute atomic E-state index is 1.05. The molecule has 80 valence electrons. The SMILES string of the molecule is CCCN1CCC[N+]2(C)CCCN=C12. The highest BCUT2D eigenvalue weighted by atomic mass is 15.5. The van der Waals surface area contributed by atoms with Gasteiger partial charge in [0.25, 0.3) is 5.96 Å². The fourth-order valence-corrected chi connectivity index (χ4v) is 2.71. The monoisotopic (exact) mass is 196 g/mol. The van der Waals surface area contributed by atoms with Crippen LogP contribution < -0.4 is 0 Å². The van der Waals surface area contributed by atoms with Gasteiger partial charge in [-0.25, -0.2) is 4.99 Å². The Hall–Kier alpha value is -0.570. The molecule has 2 rings (SSSR count). The lowest BCUT2D eigenvalue weighted by molar-refractivity contribution is -0.833. The predicted octanol–water partition coefficient (Wildman–Crippen LogP) is 1.31. The normalized spacial score (nSPS) is 32.4. The standard InChI is InChI=1S/C11H22N3/c1-3-7-13-8-5-10-14(2)9-4-6-12-11(13)14/h3-10H2,1-2H3/q+1. The number of hydrogen-bond acceptors (Lipinski definition) is 2. The Kier molecular flexibility index (Phi) is 2.77. The summed E-state index contributed by atoms with van der Waals surface area (Å²) >= 11 is 0. The second-order valence-corrected chi connectivity index (χ2v) is 4.72. The number of fused-ring (bicyclic) bond motifs is 1. The second kappa shape index (κ2) is 3.89. The summed E-state index contributed by atoms with van der Waals surface area (Å²) in [5.74, 6) is 1.37. The van der Waals surface area contributed by atoms with Crippen LogP contribution in [0.3, 0.4) is 0 Å². The number of hydrogen-bond donors (Lipinski definition) is 0. The van der Waals surface area contributed by atoms with Gasteiger partial charge in [-0.05, 0) is 6.42 Å². The second-order valence-electron chi connectivity index (χ2n) is 4.72. The van der Waals surface area contributed by atoms with Crippen LogP contribution in [0, 0.1) is 0 Å². The van der Waals surface area contributed by atoms with Crippen molar-refractivity contribution in [2.75, 3.05) is 39.8 Å². The third kappa shape index (κ3) is 1.65. The molecule has 3 nitrogen and oxygen atoms in total. The first-order valence-corrected chi connectivity index (χ1v) is 5.91. The van der Waals surface area contributed by atoms with Crippen LogP contribution >= 0.6 is 0 Å². The van der Waals surface area contributed by atoms with Gasteiger partial charge in [0, 0.05) is 25.9 Å². The average molecular weight is 196 g/mol. The number of guanidine groups is 1. The van der Waals surface area contributed by atoms with E-state index in [1.54, 1.807) is 0 Å². The van der Waals surface area contributed by atoms with E-state index in [4.69, 9.17) is 4.99 Å². The van der Waals surface area contributed by atoms with Gasteiger partial charge in [0.1, 0.15) is 0 Å². The van der Waals surface area contributed by atoms with Gasteiger partial charge in [-0.1, -0.05) is 6.92 Å². The van der Waals surface area contributed by atoms with Crippen LogP contribution in [-0.4, -0.2) is 55.1 Å². The summed E-state index contributed by atoms with van der Waals surface area (Å²) in [6.45, 7) is 8.29. The molecule has 0 saturated carbocycles. The van der Waals surface area contributed by atoms with E-state index in [0.717, 1.165) is 11.0 Å². The molecule has 0 bridgehead atoms. The molecule has 0 aliphatic carbocycles. The Balaban J connectivity index is 2.17. The maximum absolute atomic E-state index is 4.74. The number of nitrogens with zero attached hydrogens (tertiary/aromatic N) is 3. The summed E-state index contributed by atoms with van der Waals surface area (Å²) in [6.07, 6.45) is 3.83. The van der Waals surface area contributed by atoms with Crippen molar-refractivity contribution in [3.05, 3.63) is 0 Å². The zero-order valence-electron chi connectivity index (χ0n) is 9.50. The van der Waals surface area contributed by atoms with Crippen molar-refractivity contribution in [1.82, 2.24) is 4.90 Å². The molecule has 3 heteroatoms. The molecule has 14 heavy (non-hydrogen) atoms. The van der Waals surface area contributed by atoms with E-state index in [9.17, 15) is 0 Å². The van der Waals surface area contributed by atoms with Gasteiger partial charge in [-0.15, -0.1) is 0 Å². The van der Waals surface area contributed by atoms with Crippen LogP contribution in [0.15, 0.2) is 4.99 Å². The molecule has 2 aliphatic rings. The maximum Gasteiger partial charge on any atom is 0.300 e. The summed E-state index contributed by atoms with van der Waals surface area (Å²) in [4.78, 5) is 7.24. The lowest BCUT2D eigenvalue weighted by atomic mass is 10.2. The Morgan fingerprint density at radius 3 is 2.93 bits per heavy atom. The van der Waals surface area contributed by atoms with E-state index < -0.39 is 0 Å². The van der Waals surface area contributed by atoms with E-state index in [1.807, 2.05) is 0 Å². The first-order chi connectivity index (χ1) is 6.76. The van der Waals surface area contributed by atoms with E-state index >= 15 is 0 Å². The molecule has 1 atom stereocenters. The quantitative estimate of drug-likeness (QED) is 0.608. The highest BCUT2D eigenvalue weighted by molar-refractivity contribution is 5.74. The molecule has 0 spiro atoms. The van der Waals surface area contributed by atoms with Gasteiger partial charge in [-0.3, -0.25) is 4.48 Å². The third-order valence-electron chi connectivity index (χ3n) is 3.40. The van der Waals surface area contributed by atoms with Gasteiger partial charge in [0.05, 0.1) is 26.7 Å². The fourth-order valence-electron chi connectivity index (χ4n) is 2.71. The summed E-state index contributed by atoms with van der Waals surface area (Å²) in [7, 11) is 2.35. The first kappa shape index (κ1) is 9.97. The van der Waals surface area contributed by atoms with Crippen LogP contribution in [0.2, 0.25) is 0 Å². The van der Waals surface area contributed by atoms with Crippen molar-refractivity contribution in [3.63, 3.8) is 0 Å². The zero-order valence-corrected chi connectivity index (χ0v) is 9.50.